The highest BCUT2D eigenvalue weighted by Gasteiger charge is 2.02. The molecule has 2 heterocycles. The lowest BCUT2D eigenvalue weighted by Gasteiger charge is -1.95. The van der Waals surface area contributed by atoms with Gasteiger partial charge in [-0.15, -0.1) is 0 Å². The Balaban J connectivity index is 2.71. The van der Waals surface area contributed by atoms with Crippen molar-refractivity contribution >= 4 is 11.2 Å². The third kappa shape index (κ3) is 0.958. The largest absolute Gasteiger partial charge is 0.318 e. The second-order valence-electron chi connectivity index (χ2n) is 2.63. The maximum absolute atomic E-state index is 4.31. The van der Waals surface area contributed by atoms with Gasteiger partial charge in [0.15, 0.2) is 5.65 Å². The van der Waals surface area contributed by atoms with Crippen molar-refractivity contribution in [2.75, 3.05) is 0 Å². The molecule has 0 atom stereocenters. The van der Waals surface area contributed by atoms with Gasteiger partial charge in [-0.05, 0) is 0 Å². The number of hydrogen-bond donors (Lipinski definition) is 0. The van der Waals surface area contributed by atoms with Crippen LogP contribution in [0.4, 0.5) is 0 Å². The van der Waals surface area contributed by atoms with Gasteiger partial charge in [-0.3, -0.25) is 0 Å². The molecule has 0 saturated carbocycles. The fraction of sp³-hybridized carbons (Fsp3) is 0.375. The van der Waals surface area contributed by atoms with Crippen molar-refractivity contribution in [2.45, 2.75) is 13.3 Å². The molecule has 2 aromatic rings. The summed E-state index contributed by atoms with van der Waals surface area (Å²) in [7, 11) is 1.91. The molecule has 4 nitrogen and oxygen atoms in total. The molecule has 0 saturated heterocycles. The Labute approximate surface area is 70.3 Å². The van der Waals surface area contributed by atoms with Crippen molar-refractivity contribution in [1.82, 2.24) is 19.5 Å². The lowest BCUT2D eigenvalue weighted by molar-refractivity contribution is 0.897. The van der Waals surface area contributed by atoms with Crippen LogP contribution in [0.5, 0.6) is 0 Å². The van der Waals surface area contributed by atoms with E-state index in [2.05, 4.69) is 21.1 Å². The number of imidazole rings is 1. The van der Waals surface area contributed by atoms with E-state index in [4.69, 9.17) is 0 Å². The van der Waals surface area contributed by atoms with Gasteiger partial charge in [-0.2, -0.15) is 0 Å². The number of hydrogen-bond acceptors (Lipinski definition) is 3. The van der Waals surface area contributed by atoms with Crippen molar-refractivity contribution in [3.8, 4) is 0 Å². The van der Waals surface area contributed by atoms with E-state index < -0.39 is 0 Å². The average molecular weight is 161 g/mol. The number of rotatable bonds is 1. The first-order chi connectivity index (χ1) is 5.81. The summed E-state index contributed by atoms with van der Waals surface area (Å²) in [6.07, 6.45) is 5.40. The van der Waals surface area contributed by atoms with Crippen molar-refractivity contribution < 1.29 is 0 Å². The standard InChI is InChI=1S/C8H9N4/c1-3-7-9-4-6-8(11-7)12(2)5-10-6/h5H,3H2,1-2H3. The van der Waals surface area contributed by atoms with Crippen LogP contribution in [0.3, 0.4) is 0 Å². The molecule has 1 radical (unpaired) electrons. The molecule has 0 amide bonds. The molecule has 0 spiro atoms. The zero-order valence-electron chi connectivity index (χ0n) is 7.07. The van der Waals surface area contributed by atoms with Gasteiger partial charge >= 0.3 is 0 Å². The van der Waals surface area contributed by atoms with E-state index in [1.807, 2.05) is 18.5 Å². The van der Waals surface area contributed by atoms with Gasteiger partial charge in [0.05, 0.1) is 6.33 Å². The molecule has 0 aliphatic rings. The minimum absolute atomic E-state index is 0.731. The van der Waals surface area contributed by atoms with Crippen molar-refractivity contribution in [1.29, 1.82) is 0 Å². The zero-order chi connectivity index (χ0) is 8.55. The van der Waals surface area contributed by atoms with E-state index in [0.717, 1.165) is 23.4 Å². The van der Waals surface area contributed by atoms with E-state index in [1.54, 1.807) is 6.33 Å². The SMILES string of the molecule is CCc1n[c]c2ncn(C)c2n1. The monoisotopic (exact) mass is 161 g/mol. The Hall–Kier alpha value is -1.45. The summed E-state index contributed by atoms with van der Waals surface area (Å²) in [4.78, 5) is 12.4. The maximum atomic E-state index is 4.31. The fourth-order valence-electron chi connectivity index (χ4n) is 1.06. The molecule has 2 rings (SSSR count). The van der Waals surface area contributed by atoms with Crippen LogP contribution in [0, 0.1) is 6.20 Å². The molecule has 12 heavy (non-hydrogen) atoms. The molecule has 2 aromatic heterocycles. The van der Waals surface area contributed by atoms with Gasteiger partial charge in [0, 0.05) is 13.5 Å². The lowest BCUT2D eigenvalue weighted by Crippen LogP contribution is -1.95. The Morgan fingerprint density at radius 2 is 2.42 bits per heavy atom. The third-order valence-corrected chi connectivity index (χ3v) is 1.75. The highest BCUT2D eigenvalue weighted by atomic mass is 15.1. The van der Waals surface area contributed by atoms with Gasteiger partial charge in [0.2, 0.25) is 0 Å². The Morgan fingerprint density at radius 3 is 3.17 bits per heavy atom. The summed E-state index contributed by atoms with van der Waals surface area (Å²) >= 11 is 0. The van der Waals surface area contributed by atoms with Gasteiger partial charge in [-0.25, -0.2) is 15.0 Å². The van der Waals surface area contributed by atoms with Crippen LogP contribution in [-0.4, -0.2) is 19.5 Å². The Bertz CT molecular complexity index is 404. The summed E-state index contributed by atoms with van der Waals surface area (Å²) in [6, 6.07) is 0. The fourth-order valence-corrected chi connectivity index (χ4v) is 1.06. The molecule has 4 heteroatoms. The number of aromatic nitrogens is 4. The average Bonchev–Trinajstić information content (AvgIpc) is 2.47. The topological polar surface area (TPSA) is 43.6 Å². The summed E-state index contributed by atoms with van der Waals surface area (Å²) in [5, 5.41) is 0. The first kappa shape index (κ1) is 7.21. The molecule has 0 aliphatic carbocycles. The molecule has 0 bridgehead atoms. The summed E-state index contributed by atoms with van der Waals surface area (Å²) < 4.78 is 1.87. The van der Waals surface area contributed by atoms with Crippen molar-refractivity contribution in [3.05, 3.63) is 18.3 Å². The normalized spacial score (nSPS) is 10.8. The van der Waals surface area contributed by atoms with Gasteiger partial charge in [-0.1, -0.05) is 6.92 Å². The van der Waals surface area contributed by atoms with Crippen LogP contribution in [0.25, 0.3) is 11.2 Å². The second kappa shape index (κ2) is 2.55. The minimum atomic E-state index is 0.731. The van der Waals surface area contributed by atoms with E-state index in [1.165, 1.54) is 0 Å². The quantitative estimate of drug-likeness (QED) is 0.619. The van der Waals surface area contributed by atoms with Crippen molar-refractivity contribution in [2.24, 2.45) is 7.05 Å². The summed E-state index contributed by atoms with van der Waals surface area (Å²) in [6.45, 7) is 2.02. The van der Waals surface area contributed by atoms with Gasteiger partial charge < -0.3 is 4.57 Å². The molecular formula is C8H9N4. The summed E-state index contributed by atoms with van der Waals surface area (Å²) in [5.74, 6) is 0.811. The Morgan fingerprint density at radius 1 is 1.58 bits per heavy atom. The number of aryl methyl sites for hydroxylation is 2. The lowest BCUT2D eigenvalue weighted by atomic mass is 10.4. The number of nitrogens with zero attached hydrogens (tertiary/aromatic N) is 4. The highest BCUT2D eigenvalue weighted by molar-refractivity contribution is 5.68. The van der Waals surface area contributed by atoms with Crippen LogP contribution in [0.15, 0.2) is 6.33 Å². The van der Waals surface area contributed by atoms with E-state index in [-0.39, 0.29) is 0 Å². The highest BCUT2D eigenvalue weighted by Crippen LogP contribution is 2.06. The Kier molecular flexibility index (Phi) is 1.53. The molecule has 61 valence electrons. The van der Waals surface area contributed by atoms with Crippen LogP contribution in [-0.2, 0) is 13.5 Å². The predicted molar refractivity (Wildman–Crippen MR) is 44.5 cm³/mol. The van der Waals surface area contributed by atoms with Crippen molar-refractivity contribution in [3.63, 3.8) is 0 Å². The number of fused-ring (bicyclic) bond motifs is 1. The smallest absolute Gasteiger partial charge is 0.163 e. The molecule has 0 unspecified atom stereocenters. The molecule has 0 fully saturated rings. The predicted octanol–water partition coefficient (Wildman–Crippen LogP) is 0.726. The first-order valence-electron chi connectivity index (χ1n) is 3.87. The second-order valence-corrected chi connectivity index (χ2v) is 2.63. The van der Waals surface area contributed by atoms with Crippen LogP contribution < -0.4 is 0 Å². The summed E-state index contributed by atoms with van der Waals surface area (Å²) in [5.41, 5.74) is 1.58. The van der Waals surface area contributed by atoms with Crippen LogP contribution in [0.2, 0.25) is 0 Å². The van der Waals surface area contributed by atoms with E-state index in [9.17, 15) is 0 Å². The van der Waals surface area contributed by atoms with Crippen LogP contribution >= 0.6 is 0 Å². The molecular weight excluding hydrogens is 152 g/mol. The zero-order valence-corrected chi connectivity index (χ0v) is 7.07. The molecule has 0 aliphatic heterocycles. The van der Waals surface area contributed by atoms with Gasteiger partial charge in [0.25, 0.3) is 0 Å². The maximum Gasteiger partial charge on any atom is 0.163 e. The van der Waals surface area contributed by atoms with E-state index >= 15 is 0 Å². The van der Waals surface area contributed by atoms with Gasteiger partial charge in [0.1, 0.15) is 17.5 Å². The van der Waals surface area contributed by atoms with E-state index in [0.29, 0.717) is 0 Å². The first-order valence-corrected chi connectivity index (χ1v) is 3.87. The minimum Gasteiger partial charge on any atom is -0.318 e. The van der Waals surface area contributed by atoms with Crippen LogP contribution in [0.1, 0.15) is 12.7 Å². The third-order valence-electron chi connectivity index (χ3n) is 1.75. The molecule has 0 N–H and O–H groups in total. The molecule has 0 aromatic carbocycles.